The van der Waals surface area contributed by atoms with E-state index in [1.807, 2.05) is 146 Å². The molecule has 110 heavy (non-hydrogen) atoms. The molecule has 6 heterocycles. The normalized spacial score (nSPS) is 11.6. The molecule has 0 radical (unpaired) electrons. The fraction of sp³-hybridized carbons (Fsp3) is 0.0421. The van der Waals surface area contributed by atoms with Crippen molar-refractivity contribution in [3.05, 3.63) is 432 Å². The summed E-state index contributed by atoms with van der Waals surface area (Å²) in [7, 11) is 0. The molecule has 0 saturated carbocycles. The van der Waals surface area contributed by atoms with Crippen LogP contribution in [0.1, 0.15) is 34.0 Å². The van der Waals surface area contributed by atoms with Gasteiger partial charge in [-0.25, -0.2) is 15.0 Å². The molecule has 18 aromatic rings. The fourth-order valence-electron chi connectivity index (χ4n) is 12.7. The SMILES string of the molecule is c1ccc(-c2ccc(Nc3ccc(C4N=c5ccccc5=N4)cc3)cc2)cc1.c1ccc(Cc2ccc(-c3nc4ccccc4s3)cc2)cc1.c1ccc(Cc2cccc(-n3nc4ccc(-c5ccccc5)cc4n3)c2)cc1.c1ccc(Nc2ccc3c(c2)=NCN=3)cc1.c1ccc(Nc2ccc3ocnc3c2)nc1. The second-order valence-corrected chi connectivity index (χ2v) is 27.1. The Labute approximate surface area is 640 Å². The van der Waals surface area contributed by atoms with Crippen LogP contribution >= 0.6 is 11.3 Å². The van der Waals surface area contributed by atoms with Gasteiger partial charge in [0.25, 0.3) is 0 Å². The van der Waals surface area contributed by atoms with Gasteiger partial charge in [0.2, 0.25) is 0 Å². The van der Waals surface area contributed by atoms with Crippen LogP contribution in [-0.2, 0) is 12.8 Å². The van der Waals surface area contributed by atoms with Crippen LogP contribution in [0.3, 0.4) is 0 Å². The van der Waals surface area contributed by atoms with Gasteiger partial charge in [0.15, 0.2) is 18.1 Å². The number of benzene rings is 14. The lowest BCUT2D eigenvalue weighted by molar-refractivity contribution is 0.602. The molecular weight excluding hydrogens is 1370 g/mol. The van der Waals surface area contributed by atoms with E-state index in [1.165, 1.54) is 55.6 Å². The van der Waals surface area contributed by atoms with E-state index in [4.69, 9.17) is 14.5 Å². The van der Waals surface area contributed by atoms with Crippen LogP contribution in [0.2, 0.25) is 0 Å². The van der Waals surface area contributed by atoms with Gasteiger partial charge in [0.1, 0.15) is 34.0 Å². The van der Waals surface area contributed by atoms with Crippen molar-refractivity contribution in [1.29, 1.82) is 0 Å². The van der Waals surface area contributed by atoms with Gasteiger partial charge in [0, 0.05) is 40.2 Å². The predicted molar refractivity (Wildman–Crippen MR) is 446 cm³/mol. The summed E-state index contributed by atoms with van der Waals surface area (Å²) in [5.74, 6) is 0.811. The topological polar surface area (TPSA) is 168 Å². The molecule has 0 aliphatic carbocycles. The van der Waals surface area contributed by atoms with Gasteiger partial charge in [0.05, 0.1) is 37.3 Å². The van der Waals surface area contributed by atoms with Gasteiger partial charge in [-0.05, 0) is 196 Å². The highest BCUT2D eigenvalue weighted by Gasteiger charge is 2.14. The summed E-state index contributed by atoms with van der Waals surface area (Å²) < 4.78 is 6.41. The van der Waals surface area contributed by atoms with Crippen LogP contribution in [0.5, 0.6) is 0 Å². The molecule has 20 rings (SSSR count). The van der Waals surface area contributed by atoms with Gasteiger partial charge >= 0.3 is 0 Å². The zero-order valence-corrected chi connectivity index (χ0v) is 60.7. The average Bonchev–Trinajstić information content (AvgIpc) is 1.87. The summed E-state index contributed by atoms with van der Waals surface area (Å²) in [6.45, 7) is 0.560. The van der Waals surface area contributed by atoms with Crippen LogP contribution in [-0.4, -0.2) is 36.6 Å². The number of aromatic nitrogens is 6. The second-order valence-electron chi connectivity index (χ2n) is 26.1. The first kappa shape index (κ1) is 69.9. The third kappa shape index (κ3) is 18.1. The number of nitrogens with one attached hydrogen (secondary N) is 3. The fourth-order valence-corrected chi connectivity index (χ4v) is 13.7. The minimum Gasteiger partial charge on any atom is -0.443 e. The largest absolute Gasteiger partial charge is 0.443 e. The smallest absolute Gasteiger partial charge is 0.181 e. The minimum absolute atomic E-state index is 0.142. The Morgan fingerprint density at radius 3 is 1.58 bits per heavy atom. The van der Waals surface area contributed by atoms with E-state index >= 15 is 0 Å². The molecule has 0 atom stereocenters. The third-order valence-corrected chi connectivity index (χ3v) is 19.4. The minimum atomic E-state index is -0.142. The summed E-state index contributed by atoms with van der Waals surface area (Å²) >= 11 is 1.75. The number of thiazole rings is 1. The number of anilines is 6. The zero-order chi connectivity index (χ0) is 73.9. The first-order chi connectivity index (χ1) is 54.4. The van der Waals surface area contributed by atoms with Crippen LogP contribution in [0.25, 0.3) is 70.9 Å². The molecule has 0 saturated heterocycles. The zero-order valence-electron chi connectivity index (χ0n) is 59.9. The maximum absolute atomic E-state index is 5.17. The Balaban J connectivity index is 0.000000106. The van der Waals surface area contributed by atoms with E-state index in [1.54, 1.807) is 22.3 Å². The van der Waals surface area contributed by atoms with Crippen LogP contribution < -0.4 is 37.4 Å². The average molecular weight is 1440 g/mol. The molecular formula is C95H73N13OS. The van der Waals surface area contributed by atoms with Gasteiger partial charge in [-0.2, -0.15) is 4.80 Å². The molecule has 0 unspecified atom stereocenters. The predicted octanol–water partition coefficient (Wildman–Crippen LogP) is 20.9. The maximum atomic E-state index is 5.17. The number of para-hydroxylation sites is 4. The molecule has 530 valence electrons. The van der Waals surface area contributed by atoms with E-state index < -0.39 is 0 Å². The van der Waals surface area contributed by atoms with E-state index in [0.29, 0.717) is 6.67 Å². The van der Waals surface area contributed by atoms with E-state index in [2.05, 4.69) is 275 Å². The van der Waals surface area contributed by atoms with Crippen molar-refractivity contribution in [3.8, 4) is 38.5 Å². The third-order valence-electron chi connectivity index (χ3n) is 18.3. The van der Waals surface area contributed by atoms with E-state index in [9.17, 15) is 0 Å². The van der Waals surface area contributed by atoms with Crippen molar-refractivity contribution in [2.24, 2.45) is 20.0 Å². The number of oxazole rings is 1. The highest BCUT2D eigenvalue weighted by atomic mass is 32.1. The molecule has 2 aliphatic heterocycles. The second kappa shape index (κ2) is 34.2. The van der Waals surface area contributed by atoms with E-state index in [0.717, 1.165) is 118 Å². The standard InChI is InChI=1S/2C25H19N3.C20H15NS.C13H11N3.C12H9N3O/c1-3-8-19(9-4-1)16-20-10-7-13-23(17-20)28-26-24-15-14-22(18-25(24)27-28)21-11-5-2-6-12-21;1-2-6-18(7-3-1)19-10-14-21(15-11-19)26-22-16-12-20(13-17-22)25-27-23-8-4-5-9-24(23)28-25;1-2-6-15(7-3-1)14-16-10-12-17(13-11-16)20-21-18-8-4-5-9-19(18)22-20;1-2-4-10(5-3-1)16-11-6-7-12-13(8-11)15-9-14-12;1-2-6-13-12(3-1)15-9-4-5-11-10(7-9)14-8-16-11/h1-15,17-18H,16H2;1-17,25-26H;1-13H,14H2;1-8,16H,9H2;1-8H,(H,13,15). The first-order valence-corrected chi connectivity index (χ1v) is 37.1. The molecule has 0 bridgehead atoms. The lowest BCUT2D eigenvalue weighted by Crippen LogP contribution is -2.21. The lowest BCUT2D eigenvalue weighted by Gasteiger charge is -2.10. The van der Waals surface area contributed by atoms with Crippen molar-refractivity contribution in [2.45, 2.75) is 19.0 Å². The summed E-state index contributed by atoms with van der Waals surface area (Å²) in [5.41, 5.74) is 22.9. The Bertz CT molecular complexity index is 6260. The monoisotopic (exact) mass is 1440 g/mol. The summed E-state index contributed by atoms with van der Waals surface area (Å²) in [6.07, 6.45) is 4.91. The lowest BCUT2D eigenvalue weighted by atomic mass is 10.0. The van der Waals surface area contributed by atoms with Crippen LogP contribution in [0, 0.1) is 0 Å². The molecule has 2 aliphatic rings. The molecule has 0 fully saturated rings. The maximum Gasteiger partial charge on any atom is 0.181 e. The van der Waals surface area contributed by atoms with Gasteiger partial charge in [-0.1, -0.05) is 237 Å². The summed E-state index contributed by atoms with van der Waals surface area (Å²) in [6, 6.07) is 126. The van der Waals surface area contributed by atoms with Crippen molar-refractivity contribution in [2.75, 3.05) is 22.6 Å². The van der Waals surface area contributed by atoms with Crippen LogP contribution in [0.15, 0.2) is 407 Å². The quantitative estimate of drug-likeness (QED) is 0.0905. The van der Waals surface area contributed by atoms with Gasteiger partial charge in [-0.15, -0.1) is 21.5 Å². The Kier molecular flexibility index (Phi) is 21.8. The summed E-state index contributed by atoms with van der Waals surface area (Å²) in [5, 5.41) is 24.4. The Morgan fingerprint density at radius 2 is 0.882 bits per heavy atom. The number of pyridine rings is 1. The first-order valence-electron chi connectivity index (χ1n) is 36.3. The van der Waals surface area contributed by atoms with Crippen molar-refractivity contribution >= 4 is 77.9 Å². The number of fused-ring (bicyclic) bond motifs is 5. The van der Waals surface area contributed by atoms with Crippen molar-refractivity contribution in [3.63, 3.8) is 0 Å². The van der Waals surface area contributed by atoms with Crippen LogP contribution in [0.4, 0.5) is 34.3 Å². The van der Waals surface area contributed by atoms with Gasteiger partial charge < -0.3 is 20.4 Å². The Hall–Kier alpha value is -14.4. The van der Waals surface area contributed by atoms with Crippen molar-refractivity contribution in [1.82, 2.24) is 29.9 Å². The van der Waals surface area contributed by atoms with Gasteiger partial charge in [-0.3, -0.25) is 20.0 Å². The molecule has 3 N–H and O–H groups in total. The molecule has 14 nitrogen and oxygen atoms in total. The molecule has 0 spiro atoms. The highest BCUT2D eigenvalue weighted by molar-refractivity contribution is 7.21. The van der Waals surface area contributed by atoms with E-state index in [-0.39, 0.29) is 6.17 Å². The number of nitrogens with zero attached hydrogens (tertiary/aromatic N) is 10. The van der Waals surface area contributed by atoms with Crippen molar-refractivity contribution < 1.29 is 4.42 Å². The number of hydrogen-bond donors (Lipinski definition) is 3. The molecule has 15 heteroatoms. The summed E-state index contributed by atoms with van der Waals surface area (Å²) in [4.78, 5) is 32.6. The highest BCUT2D eigenvalue weighted by Crippen LogP contribution is 2.32. The molecule has 0 amide bonds. The molecule has 14 aromatic carbocycles. The Morgan fingerprint density at radius 1 is 0.345 bits per heavy atom. The molecule has 4 aromatic heterocycles. The number of rotatable bonds is 15. The number of hydrogen-bond acceptors (Lipinski definition) is 14.